The fraction of sp³-hybridized carbons (Fsp3) is 0.632. The number of rotatable bonds is 3. The molecule has 2 saturated heterocycles. The Morgan fingerprint density at radius 2 is 1.88 bits per heavy atom. The van der Waals surface area contributed by atoms with Crippen LogP contribution in [-0.4, -0.2) is 59.2 Å². The van der Waals surface area contributed by atoms with Gasteiger partial charge in [0.05, 0.1) is 12.2 Å². The fourth-order valence-electron chi connectivity index (χ4n) is 3.87. The van der Waals surface area contributed by atoms with E-state index in [-0.39, 0.29) is 18.1 Å². The molecule has 5 heteroatoms. The molecule has 0 saturated carbocycles. The van der Waals surface area contributed by atoms with Crippen LogP contribution in [0.3, 0.4) is 0 Å². The van der Waals surface area contributed by atoms with Gasteiger partial charge in [0, 0.05) is 25.6 Å². The highest BCUT2D eigenvalue weighted by molar-refractivity contribution is 5.79. The standard InChI is InChI=1S/C19H28N2O3/c1-14-11-21(12-15(2)24-14)19(23)17-6-8-20(9-7-17)13-16-4-3-5-18(22)10-16/h3-5,10,14-15,17,22H,6-9,11-13H2,1-2H3/t14-,15-/m1/s1. The van der Waals surface area contributed by atoms with Crippen LogP contribution in [0.25, 0.3) is 0 Å². The van der Waals surface area contributed by atoms with E-state index < -0.39 is 0 Å². The van der Waals surface area contributed by atoms with Gasteiger partial charge in [0.15, 0.2) is 0 Å². The van der Waals surface area contributed by atoms with Crippen LogP contribution < -0.4 is 0 Å². The summed E-state index contributed by atoms with van der Waals surface area (Å²) in [4.78, 5) is 17.1. The molecule has 2 atom stereocenters. The lowest BCUT2D eigenvalue weighted by Crippen LogP contribution is -2.51. The molecule has 2 aliphatic heterocycles. The molecule has 1 aromatic rings. The van der Waals surface area contributed by atoms with Crippen molar-refractivity contribution in [1.82, 2.24) is 9.80 Å². The topological polar surface area (TPSA) is 53.0 Å². The summed E-state index contributed by atoms with van der Waals surface area (Å²) in [6.07, 6.45) is 2.09. The maximum Gasteiger partial charge on any atom is 0.225 e. The van der Waals surface area contributed by atoms with Gasteiger partial charge in [-0.3, -0.25) is 9.69 Å². The predicted molar refractivity (Wildman–Crippen MR) is 92.7 cm³/mol. The molecule has 2 aliphatic rings. The number of hydrogen-bond acceptors (Lipinski definition) is 4. The van der Waals surface area contributed by atoms with E-state index in [0.29, 0.717) is 24.7 Å². The number of morpholine rings is 1. The number of aromatic hydroxyl groups is 1. The smallest absolute Gasteiger partial charge is 0.225 e. The third-order valence-electron chi connectivity index (χ3n) is 4.98. The lowest BCUT2D eigenvalue weighted by molar-refractivity contribution is -0.148. The molecule has 5 nitrogen and oxygen atoms in total. The number of benzene rings is 1. The summed E-state index contributed by atoms with van der Waals surface area (Å²) in [6, 6.07) is 7.42. The van der Waals surface area contributed by atoms with E-state index in [2.05, 4.69) is 4.90 Å². The van der Waals surface area contributed by atoms with E-state index >= 15 is 0 Å². The van der Waals surface area contributed by atoms with E-state index in [9.17, 15) is 9.90 Å². The number of likely N-dealkylation sites (tertiary alicyclic amines) is 1. The Morgan fingerprint density at radius 3 is 2.50 bits per heavy atom. The Kier molecular flexibility index (Phi) is 5.41. The van der Waals surface area contributed by atoms with Crippen molar-refractivity contribution in [1.29, 1.82) is 0 Å². The van der Waals surface area contributed by atoms with Crippen molar-refractivity contribution in [2.75, 3.05) is 26.2 Å². The van der Waals surface area contributed by atoms with Crippen molar-refractivity contribution in [2.24, 2.45) is 5.92 Å². The zero-order valence-corrected chi connectivity index (χ0v) is 14.6. The lowest BCUT2D eigenvalue weighted by Gasteiger charge is -2.39. The zero-order valence-electron chi connectivity index (χ0n) is 14.6. The molecule has 2 heterocycles. The molecule has 0 aliphatic carbocycles. The first-order valence-electron chi connectivity index (χ1n) is 8.96. The van der Waals surface area contributed by atoms with Crippen molar-refractivity contribution in [3.05, 3.63) is 29.8 Å². The van der Waals surface area contributed by atoms with E-state index in [4.69, 9.17) is 4.74 Å². The van der Waals surface area contributed by atoms with E-state index in [0.717, 1.165) is 38.0 Å². The second kappa shape index (κ2) is 7.53. The number of nitrogens with zero attached hydrogens (tertiary/aromatic N) is 2. The minimum Gasteiger partial charge on any atom is -0.508 e. The lowest BCUT2D eigenvalue weighted by atomic mass is 9.94. The molecule has 0 radical (unpaired) electrons. The molecule has 0 bridgehead atoms. The molecule has 1 amide bonds. The number of carbonyl (C=O) groups excluding carboxylic acids is 1. The number of piperidine rings is 1. The highest BCUT2D eigenvalue weighted by Crippen LogP contribution is 2.23. The van der Waals surface area contributed by atoms with E-state index in [1.165, 1.54) is 0 Å². The second-order valence-electron chi connectivity index (χ2n) is 7.22. The highest BCUT2D eigenvalue weighted by Gasteiger charge is 2.32. The number of amides is 1. The monoisotopic (exact) mass is 332 g/mol. The Morgan fingerprint density at radius 1 is 1.21 bits per heavy atom. The van der Waals surface area contributed by atoms with Crippen LogP contribution in [0.1, 0.15) is 32.3 Å². The first kappa shape index (κ1) is 17.2. The van der Waals surface area contributed by atoms with Crippen LogP contribution in [0.4, 0.5) is 0 Å². The summed E-state index contributed by atoms with van der Waals surface area (Å²) >= 11 is 0. The number of phenols is 1. The quantitative estimate of drug-likeness (QED) is 0.922. The van der Waals surface area contributed by atoms with Crippen molar-refractivity contribution in [2.45, 2.75) is 45.4 Å². The van der Waals surface area contributed by atoms with Gasteiger partial charge in [0.25, 0.3) is 0 Å². The molecule has 132 valence electrons. The van der Waals surface area contributed by atoms with Gasteiger partial charge in [-0.1, -0.05) is 12.1 Å². The van der Waals surface area contributed by atoms with Crippen LogP contribution in [0, 0.1) is 5.92 Å². The minimum atomic E-state index is 0.128. The molecule has 2 fully saturated rings. The molecule has 0 aromatic heterocycles. The fourth-order valence-corrected chi connectivity index (χ4v) is 3.87. The van der Waals surface area contributed by atoms with Crippen molar-refractivity contribution in [3.8, 4) is 5.75 Å². The van der Waals surface area contributed by atoms with Crippen molar-refractivity contribution >= 4 is 5.91 Å². The van der Waals surface area contributed by atoms with Crippen molar-refractivity contribution < 1.29 is 14.6 Å². The van der Waals surface area contributed by atoms with E-state index in [1.807, 2.05) is 36.9 Å². The molecule has 1 aromatic carbocycles. The molecule has 0 unspecified atom stereocenters. The first-order valence-corrected chi connectivity index (χ1v) is 8.96. The SMILES string of the molecule is C[C@@H]1CN(C(=O)C2CCN(Cc3cccc(O)c3)CC2)C[C@@H](C)O1. The van der Waals surface area contributed by atoms with Gasteiger partial charge in [0.2, 0.25) is 5.91 Å². The highest BCUT2D eigenvalue weighted by atomic mass is 16.5. The first-order chi connectivity index (χ1) is 11.5. The maximum absolute atomic E-state index is 12.8. The van der Waals surface area contributed by atoms with Crippen LogP contribution in [-0.2, 0) is 16.1 Å². The summed E-state index contributed by atoms with van der Waals surface area (Å²) in [6.45, 7) is 8.20. The Balaban J connectivity index is 1.50. The minimum absolute atomic E-state index is 0.128. The van der Waals surface area contributed by atoms with Crippen LogP contribution in [0.2, 0.25) is 0 Å². The molecule has 1 N–H and O–H groups in total. The Hall–Kier alpha value is -1.59. The van der Waals surface area contributed by atoms with Gasteiger partial charge < -0.3 is 14.7 Å². The summed E-state index contributed by atoms with van der Waals surface area (Å²) < 4.78 is 5.72. The average molecular weight is 332 g/mol. The van der Waals surface area contributed by atoms with Crippen LogP contribution in [0.5, 0.6) is 5.75 Å². The summed E-state index contributed by atoms with van der Waals surface area (Å²) in [7, 11) is 0. The molecule has 3 rings (SSSR count). The van der Waals surface area contributed by atoms with Gasteiger partial charge in [-0.25, -0.2) is 0 Å². The molecular weight excluding hydrogens is 304 g/mol. The summed E-state index contributed by atoms with van der Waals surface area (Å²) in [5.74, 6) is 0.755. The van der Waals surface area contributed by atoms with Gasteiger partial charge in [-0.2, -0.15) is 0 Å². The molecule has 0 spiro atoms. The van der Waals surface area contributed by atoms with Crippen LogP contribution in [0.15, 0.2) is 24.3 Å². The summed E-state index contributed by atoms with van der Waals surface area (Å²) in [5, 5.41) is 9.57. The second-order valence-corrected chi connectivity index (χ2v) is 7.22. The molecule has 24 heavy (non-hydrogen) atoms. The Labute approximate surface area is 144 Å². The number of carbonyl (C=O) groups is 1. The van der Waals surface area contributed by atoms with Crippen LogP contribution >= 0.6 is 0 Å². The zero-order chi connectivity index (χ0) is 17.1. The van der Waals surface area contributed by atoms with Gasteiger partial charge in [-0.05, 0) is 57.5 Å². The third kappa shape index (κ3) is 4.28. The third-order valence-corrected chi connectivity index (χ3v) is 4.98. The largest absolute Gasteiger partial charge is 0.508 e. The van der Waals surface area contributed by atoms with Gasteiger partial charge >= 0.3 is 0 Å². The maximum atomic E-state index is 12.8. The van der Waals surface area contributed by atoms with Crippen molar-refractivity contribution in [3.63, 3.8) is 0 Å². The normalized spacial score (nSPS) is 26.5. The average Bonchev–Trinajstić information content (AvgIpc) is 2.54. The molecular formula is C19H28N2O3. The summed E-state index contributed by atoms with van der Waals surface area (Å²) in [5.41, 5.74) is 1.12. The van der Waals surface area contributed by atoms with E-state index in [1.54, 1.807) is 6.07 Å². The Bertz CT molecular complexity index is 559. The van der Waals surface area contributed by atoms with Gasteiger partial charge in [-0.15, -0.1) is 0 Å². The predicted octanol–water partition coefficient (Wildman–Crippen LogP) is 2.24. The number of ether oxygens (including phenoxy) is 1. The van der Waals surface area contributed by atoms with Gasteiger partial charge in [0.1, 0.15) is 5.75 Å². The number of hydrogen-bond donors (Lipinski definition) is 1. The number of phenolic OH excluding ortho intramolecular Hbond substituents is 1.